The largest absolute Gasteiger partial charge is 0.466 e. The summed E-state index contributed by atoms with van der Waals surface area (Å²) in [5.41, 5.74) is 3.18. The molecule has 0 spiro atoms. The molecule has 3 amide bonds. The maximum Gasteiger partial charge on any atom is 0.325 e. The minimum atomic E-state index is -1.15. The SMILES string of the molecule is Cc1cc(C)c(CN2C(=O)NC(C)(c3ccco3)C2=O)c(C)c1. The first kappa shape index (κ1) is 15.3. The van der Waals surface area contributed by atoms with Crippen molar-refractivity contribution in [1.82, 2.24) is 10.2 Å². The molecule has 0 aliphatic carbocycles. The van der Waals surface area contributed by atoms with E-state index >= 15 is 0 Å². The van der Waals surface area contributed by atoms with E-state index in [1.807, 2.05) is 20.8 Å². The highest BCUT2D eigenvalue weighted by Gasteiger charge is 2.50. The van der Waals surface area contributed by atoms with Crippen molar-refractivity contribution in [2.75, 3.05) is 0 Å². The molecule has 23 heavy (non-hydrogen) atoms. The molecule has 1 aliphatic heterocycles. The summed E-state index contributed by atoms with van der Waals surface area (Å²) < 4.78 is 5.34. The van der Waals surface area contributed by atoms with Crippen molar-refractivity contribution in [3.05, 3.63) is 58.5 Å². The third-order valence-electron chi connectivity index (χ3n) is 4.45. The first-order chi connectivity index (χ1) is 10.8. The molecule has 1 atom stereocenters. The van der Waals surface area contributed by atoms with Gasteiger partial charge in [0.25, 0.3) is 5.91 Å². The third-order valence-corrected chi connectivity index (χ3v) is 4.45. The Morgan fingerprint density at radius 1 is 1.17 bits per heavy atom. The second kappa shape index (κ2) is 5.26. The van der Waals surface area contributed by atoms with Gasteiger partial charge in [0.2, 0.25) is 0 Å². The van der Waals surface area contributed by atoms with Crippen molar-refractivity contribution in [3.8, 4) is 0 Å². The number of urea groups is 1. The van der Waals surface area contributed by atoms with Crippen molar-refractivity contribution < 1.29 is 14.0 Å². The number of benzene rings is 1. The topological polar surface area (TPSA) is 62.6 Å². The number of nitrogens with one attached hydrogen (secondary N) is 1. The minimum absolute atomic E-state index is 0.263. The van der Waals surface area contributed by atoms with E-state index in [1.165, 1.54) is 16.7 Å². The van der Waals surface area contributed by atoms with Gasteiger partial charge >= 0.3 is 6.03 Å². The van der Waals surface area contributed by atoms with Crippen LogP contribution in [0.1, 0.15) is 34.9 Å². The van der Waals surface area contributed by atoms with Crippen LogP contribution in [0.3, 0.4) is 0 Å². The van der Waals surface area contributed by atoms with E-state index in [0.29, 0.717) is 5.76 Å². The van der Waals surface area contributed by atoms with Crippen LogP contribution in [0, 0.1) is 20.8 Å². The molecule has 5 heteroatoms. The molecule has 0 bridgehead atoms. The smallest absolute Gasteiger partial charge is 0.325 e. The van der Waals surface area contributed by atoms with Crippen LogP contribution in [0.15, 0.2) is 34.9 Å². The lowest BCUT2D eigenvalue weighted by atomic mass is 9.97. The maximum atomic E-state index is 12.8. The average Bonchev–Trinajstić information content (AvgIpc) is 3.06. The molecule has 1 saturated heterocycles. The third kappa shape index (κ3) is 2.42. The van der Waals surface area contributed by atoms with Crippen molar-refractivity contribution in [3.63, 3.8) is 0 Å². The van der Waals surface area contributed by atoms with E-state index in [9.17, 15) is 9.59 Å². The normalized spacial score (nSPS) is 21.0. The number of hydrogen-bond donors (Lipinski definition) is 1. The molecule has 1 aromatic carbocycles. The fourth-order valence-electron chi connectivity index (χ4n) is 3.19. The number of carbonyl (C=O) groups excluding carboxylic acids is 2. The zero-order valence-electron chi connectivity index (χ0n) is 13.8. The molecule has 0 radical (unpaired) electrons. The molecule has 2 aromatic rings. The van der Waals surface area contributed by atoms with Gasteiger partial charge in [-0.2, -0.15) is 0 Å². The molecule has 120 valence electrons. The predicted octanol–water partition coefficient (Wildman–Crippen LogP) is 3.17. The van der Waals surface area contributed by atoms with Gasteiger partial charge in [-0.3, -0.25) is 9.69 Å². The number of furan rings is 1. The van der Waals surface area contributed by atoms with Crippen LogP contribution in [0.4, 0.5) is 4.79 Å². The number of rotatable bonds is 3. The molecule has 1 aliphatic rings. The lowest BCUT2D eigenvalue weighted by Crippen LogP contribution is -2.40. The Bertz CT molecular complexity index is 757. The minimum Gasteiger partial charge on any atom is -0.466 e. The highest BCUT2D eigenvalue weighted by atomic mass is 16.3. The number of carbonyl (C=O) groups is 2. The van der Waals surface area contributed by atoms with Gasteiger partial charge in [-0.25, -0.2) is 4.79 Å². The number of aryl methyl sites for hydroxylation is 3. The Morgan fingerprint density at radius 3 is 2.39 bits per heavy atom. The van der Waals surface area contributed by atoms with Crippen LogP contribution in [-0.2, 0) is 16.9 Å². The second-order valence-corrected chi connectivity index (χ2v) is 6.30. The van der Waals surface area contributed by atoms with Crippen molar-refractivity contribution >= 4 is 11.9 Å². The molecular formula is C18H20N2O3. The molecule has 2 heterocycles. The van der Waals surface area contributed by atoms with E-state index < -0.39 is 11.6 Å². The predicted molar refractivity (Wildman–Crippen MR) is 85.8 cm³/mol. The van der Waals surface area contributed by atoms with Crippen molar-refractivity contribution in [1.29, 1.82) is 0 Å². The lowest BCUT2D eigenvalue weighted by Gasteiger charge is -2.20. The zero-order chi connectivity index (χ0) is 16.8. The van der Waals surface area contributed by atoms with Gasteiger partial charge in [0.1, 0.15) is 5.76 Å². The summed E-state index contributed by atoms with van der Waals surface area (Å²) in [4.78, 5) is 26.4. The molecular weight excluding hydrogens is 292 g/mol. The summed E-state index contributed by atoms with van der Waals surface area (Å²) in [7, 11) is 0. The average molecular weight is 312 g/mol. The molecule has 1 aromatic heterocycles. The van der Waals surface area contributed by atoms with E-state index in [1.54, 1.807) is 19.1 Å². The van der Waals surface area contributed by atoms with Gasteiger partial charge in [0, 0.05) is 0 Å². The van der Waals surface area contributed by atoms with E-state index in [2.05, 4.69) is 17.4 Å². The Hall–Kier alpha value is -2.56. The Morgan fingerprint density at radius 2 is 1.83 bits per heavy atom. The summed E-state index contributed by atoms with van der Waals surface area (Å²) in [6, 6.07) is 7.13. The summed E-state index contributed by atoms with van der Waals surface area (Å²) in [6.45, 7) is 7.96. The van der Waals surface area contributed by atoms with Crippen LogP contribution < -0.4 is 5.32 Å². The van der Waals surface area contributed by atoms with Crippen LogP contribution >= 0.6 is 0 Å². The van der Waals surface area contributed by atoms with Gasteiger partial charge in [-0.15, -0.1) is 0 Å². The number of hydrogen-bond acceptors (Lipinski definition) is 3. The highest BCUT2D eigenvalue weighted by molar-refractivity contribution is 6.06. The van der Waals surface area contributed by atoms with E-state index in [0.717, 1.165) is 16.7 Å². The fourth-order valence-corrected chi connectivity index (χ4v) is 3.19. The van der Waals surface area contributed by atoms with Crippen LogP contribution in [0.25, 0.3) is 0 Å². The van der Waals surface area contributed by atoms with E-state index in [4.69, 9.17) is 4.42 Å². The standard InChI is InChI=1S/C18H20N2O3/c1-11-8-12(2)14(13(3)9-11)10-20-16(21)18(4,19-17(20)22)15-6-5-7-23-15/h5-9H,10H2,1-4H3,(H,19,22). The maximum absolute atomic E-state index is 12.8. The Balaban J connectivity index is 1.93. The molecule has 5 nitrogen and oxygen atoms in total. The van der Waals surface area contributed by atoms with Crippen molar-refractivity contribution in [2.24, 2.45) is 0 Å². The van der Waals surface area contributed by atoms with Crippen LogP contribution in [0.5, 0.6) is 0 Å². The zero-order valence-corrected chi connectivity index (χ0v) is 13.8. The van der Waals surface area contributed by atoms with Gasteiger partial charge < -0.3 is 9.73 Å². The molecule has 1 N–H and O–H groups in total. The van der Waals surface area contributed by atoms with Crippen LogP contribution in [0.2, 0.25) is 0 Å². The summed E-state index contributed by atoms with van der Waals surface area (Å²) in [5.74, 6) is 0.146. The Kier molecular flexibility index (Phi) is 3.51. The molecule has 1 unspecified atom stereocenters. The molecule has 0 saturated carbocycles. The number of nitrogens with zero attached hydrogens (tertiary/aromatic N) is 1. The van der Waals surface area contributed by atoms with Crippen molar-refractivity contribution in [2.45, 2.75) is 39.8 Å². The molecule has 1 fully saturated rings. The first-order valence-electron chi connectivity index (χ1n) is 7.58. The van der Waals surface area contributed by atoms with Gasteiger partial charge in [-0.1, -0.05) is 17.7 Å². The Labute approximate surface area is 135 Å². The van der Waals surface area contributed by atoms with Gasteiger partial charge in [0.05, 0.1) is 12.8 Å². The second-order valence-electron chi connectivity index (χ2n) is 6.30. The molecule has 3 rings (SSSR count). The van der Waals surface area contributed by atoms with E-state index in [-0.39, 0.29) is 12.5 Å². The first-order valence-corrected chi connectivity index (χ1v) is 7.58. The summed E-state index contributed by atoms with van der Waals surface area (Å²) >= 11 is 0. The van der Waals surface area contributed by atoms with Gasteiger partial charge in [0.15, 0.2) is 5.54 Å². The van der Waals surface area contributed by atoms with Gasteiger partial charge in [-0.05, 0) is 56.5 Å². The summed E-state index contributed by atoms with van der Waals surface area (Å²) in [5, 5.41) is 2.75. The fraction of sp³-hybridized carbons (Fsp3) is 0.333. The number of imide groups is 1. The monoisotopic (exact) mass is 312 g/mol. The lowest BCUT2D eigenvalue weighted by molar-refractivity contribution is -0.132. The number of amides is 3. The summed E-state index contributed by atoms with van der Waals surface area (Å²) in [6.07, 6.45) is 1.50. The highest BCUT2D eigenvalue weighted by Crippen LogP contribution is 2.31. The quantitative estimate of drug-likeness (QED) is 0.885. The van der Waals surface area contributed by atoms with Crippen LogP contribution in [-0.4, -0.2) is 16.8 Å².